The van der Waals surface area contributed by atoms with E-state index in [0.717, 1.165) is 17.6 Å². The first-order chi connectivity index (χ1) is 8.46. The molecule has 0 radical (unpaired) electrons. The number of benzene rings is 1. The SMILES string of the molecule is C/C=C/CC.C=C1C(=C)C(C)(C)c2ccccc21. The summed E-state index contributed by atoms with van der Waals surface area (Å²) >= 11 is 0. The standard InChI is InChI=1S/C13H14.C5H10/c1-9-10(2)13(3,4)12-8-6-5-7-11(9)12;1-3-5-4-2/h5-8H,1-2H2,3-4H3;3,5H,4H2,1-2H3/b;5-3+. The Morgan fingerprint density at radius 1 is 1.17 bits per heavy atom. The van der Waals surface area contributed by atoms with Crippen molar-refractivity contribution in [2.75, 3.05) is 0 Å². The Balaban J connectivity index is 0.000000280. The van der Waals surface area contributed by atoms with Crippen LogP contribution in [0, 0.1) is 0 Å². The molecule has 0 unspecified atom stereocenters. The van der Waals surface area contributed by atoms with Crippen LogP contribution in [0.2, 0.25) is 0 Å². The summed E-state index contributed by atoms with van der Waals surface area (Å²) < 4.78 is 0. The van der Waals surface area contributed by atoms with Gasteiger partial charge in [0.05, 0.1) is 0 Å². The molecule has 0 saturated heterocycles. The average Bonchev–Trinajstić information content (AvgIpc) is 2.54. The van der Waals surface area contributed by atoms with Crippen molar-refractivity contribution in [2.24, 2.45) is 0 Å². The number of allylic oxidation sites excluding steroid dienone is 4. The van der Waals surface area contributed by atoms with Crippen molar-refractivity contribution in [2.45, 2.75) is 39.5 Å². The Hall–Kier alpha value is -1.56. The van der Waals surface area contributed by atoms with E-state index in [2.05, 4.69) is 70.3 Å². The van der Waals surface area contributed by atoms with E-state index in [1.807, 2.05) is 6.92 Å². The molecule has 0 aromatic heterocycles. The molecule has 0 N–H and O–H groups in total. The first kappa shape index (κ1) is 14.5. The highest BCUT2D eigenvalue weighted by Gasteiger charge is 2.35. The molecule has 1 aliphatic rings. The fourth-order valence-electron chi connectivity index (χ4n) is 2.23. The van der Waals surface area contributed by atoms with Crippen molar-refractivity contribution in [1.82, 2.24) is 0 Å². The third-order valence-electron chi connectivity index (χ3n) is 3.52. The van der Waals surface area contributed by atoms with Gasteiger partial charge >= 0.3 is 0 Å². The van der Waals surface area contributed by atoms with Crippen LogP contribution in [0.3, 0.4) is 0 Å². The predicted molar refractivity (Wildman–Crippen MR) is 82.7 cm³/mol. The third kappa shape index (κ3) is 2.64. The summed E-state index contributed by atoms with van der Waals surface area (Å²) in [7, 11) is 0. The Labute approximate surface area is 112 Å². The minimum absolute atomic E-state index is 0.0632. The lowest BCUT2D eigenvalue weighted by Gasteiger charge is -2.20. The van der Waals surface area contributed by atoms with Gasteiger partial charge in [-0.15, -0.1) is 0 Å². The molecule has 0 bridgehead atoms. The average molecular weight is 240 g/mol. The second-order valence-corrected chi connectivity index (χ2v) is 5.10. The molecule has 96 valence electrons. The van der Waals surface area contributed by atoms with E-state index in [9.17, 15) is 0 Å². The van der Waals surface area contributed by atoms with E-state index in [1.54, 1.807) is 0 Å². The van der Waals surface area contributed by atoms with Gasteiger partial charge in [-0.3, -0.25) is 0 Å². The molecule has 1 aromatic rings. The van der Waals surface area contributed by atoms with Gasteiger partial charge in [0.1, 0.15) is 0 Å². The Bertz CT molecular complexity index is 473. The maximum Gasteiger partial charge on any atom is 0.0152 e. The second kappa shape index (κ2) is 5.86. The second-order valence-electron chi connectivity index (χ2n) is 5.10. The summed E-state index contributed by atoms with van der Waals surface area (Å²) in [6.45, 7) is 16.7. The van der Waals surface area contributed by atoms with Gasteiger partial charge in [0.15, 0.2) is 0 Å². The molecule has 2 rings (SSSR count). The zero-order valence-electron chi connectivity index (χ0n) is 12.1. The summed E-state index contributed by atoms with van der Waals surface area (Å²) in [4.78, 5) is 0. The fourth-order valence-corrected chi connectivity index (χ4v) is 2.23. The van der Waals surface area contributed by atoms with E-state index in [1.165, 1.54) is 11.1 Å². The minimum Gasteiger partial charge on any atom is -0.0943 e. The van der Waals surface area contributed by atoms with Gasteiger partial charge in [-0.1, -0.05) is 70.3 Å². The van der Waals surface area contributed by atoms with Crippen molar-refractivity contribution < 1.29 is 0 Å². The lowest BCUT2D eigenvalue weighted by molar-refractivity contribution is 0.663. The van der Waals surface area contributed by atoms with Crippen LogP contribution in [0.25, 0.3) is 5.57 Å². The van der Waals surface area contributed by atoms with Crippen molar-refractivity contribution in [3.05, 3.63) is 66.3 Å². The van der Waals surface area contributed by atoms with E-state index < -0.39 is 0 Å². The number of rotatable bonds is 1. The molecule has 0 nitrogen and oxygen atoms in total. The molecule has 0 heteroatoms. The summed E-state index contributed by atoms with van der Waals surface area (Å²) in [5.41, 5.74) is 4.92. The van der Waals surface area contributed by atoms with E-state index in [-0.39, 0.29) is 5.41 Å². The van der Waals surface area contributed by atoms with Gasteiger partial charge in [0.25, 0.3) is 0 Å². The Kier molecular flexibility index (Phi) is 4.72. The summed E-state index contributed by atoms with van der Waals surface area (Å²) in [5.74, 6) is 0. The van der Waals surface area contributed by atoms with Crippen molar-refractivity contribution >= 4 is 5.57 Å². The Morgan fingerprint density at radius 2 is 1.78 bits per heavy atom. The van der Waals surface area contributed by atoms with Crippen LogP contribution < -0.4 is 0 Å². The van der Waals surface area contributed by atoms with Crippen LogP contribution in [0.1, 0.15) is 45.2 Å². The van der Waals surface area contributed by atoms with Gasteiger partial charge in [-0.2, -0.15) is 0 Å². The van der Waals surface area contributed by atoms with Crippen LogP contribution in [-0.4, -0.2) is 0 Å². The number of fused-ring (bicyclic) bond motifs is 1. The van der Waals surface area contributed by atoms with Gasteiger partial charge in [-0.25, -0.2) is 0 Å². The molecular formula is C18H24. The van der Waals surface area contributed by atoms with Crippen LogP contribution in [-0.2, 0) is 5.41 Å². The molecule has 0 saturated carbocycles. The molecule has 0 aliphatic heterocycles. The van der Waals surface area contributed by atoms with Crippen LogP contribution in [0.4, 0.5) is 0 Å². The molecule has 1 aliphatic carbocycles. The van der Waals surface area contributed by atoms with Gasteiger partial charge in [0, 0.05) is 5.41 Å². The van der Waals surface area contributed by atoms with Crippen molar-refractivity contribution in [3.63, 3.8) is 0 Å². The fraction of sp³-hybridized carbons (Fsp3) is 0.333. The first-order valence-corrected chi connectivity index (χ1v) is 6.56. The van der Waals surface area contributed by atoms with Crippen molar-refractivity contribution in [1.29, 1.82) is 0 Å². The highest BCUT2D eigenvalue weighted by Crippen LogP contribution is 2.47. The zero-order chi connectivity index (χ0) is 13.8. The number of hydrogen-bond donors (Lipinski definition) is 0. The molecular weight excluding hydrogens is 216 g/mol. The lowest BCUT2D eigenvalue weighted by atomic mass is 9.83. The molecule has 0 fully saturated rings. The quantitative estimate of drug-likeness (QED) is 0.567. The first-order valence-electron chi connectivity index (χ1n) is 6.56. The minimum atomic E-state index is 0.0632. The molecule has 0 spiro atoms. The number of hydrogen-bond acceptors (Lipinski definition) is 0. The maximum absolute atomic E-state index is 4.10. The van der Waals surface area contributed by atoms with Crippen LogP contribution >= 0.6 is 0 Å². The van der Waals surface area contributed by atoms with E-state index >= 15 is 0 Å². The smallest absolute Gasteiger partial charge is 0.0152 e. The van der Waals surface area contributed by atoms with Gasteiger partial charge in [0.2, 0.25) is 0 Å². The van der Waals surface area contributed by atoms with Gasteiger partial charge < -0.3 is 0 Å². The molecule has 0 atom stereocenters. The van der Waals surface area contributed by atoms with Crippen LogP contribution in [0.5, 0.6) is 0 Å². The third-order valence-corrected chi connectivity index (χ3v) is 3.52. The molecule has 0 amide bonds. The van der Waals surface area contributed by atoms with E-state index in [0.29, 0.717) is 0 Å². The lowest BCUT2D eigenvalue weighted by Crippen LogP contribution is -2.13. The normalized spacial score (nSPS) is 16.4. The highest BCUT2D eigenvalue weighted by atomic mass is 14.4. The monoisotopic (exact) mass is 240 g/mol. The summed E-state index contributed by atoms with van der Waals surface area (Å²) in [5, 5.41) is 0. The molecule has 0 heterocycles. The maximum atomic E-state index is 4.10. The van der Waals surface area contributed by atoms with Crippen molar-refractivity contribution in [3.8, 4) is 0 Å². The molecule has 18 heavy (non-hydrogen) atoms. The zero-order valence-corrected chi connectivity index (χ0v) is 12.1. The Morgan fingerprint density at radius 3 is 2.22 bits per heavy atom. The largest absolute Gasteiger partial charge is 0.0943 e. The predicted octanol–water partition coefficient (Wildman–Crippen LogP) is 5.52. The topological polar surface area (TPSA) is 0 Å². The highest BCUT2D eigenvalue weighted by molar-refractivity contribution is 5.87. The summed E-state index contributed by atoms with van der Waals surface area (Å²) in [6.07, 6.45) is 5.34. The van der Waals surface area contributed by atoms with Crippen LogP contribution in [0.15, 0.2) is 55.1 Å². The van der Waals surface area contributed by atoms with E-state index in [4.69, 9.17) is 0 Å². The molecule has 1 aromatic carbocycles. The summed E-state index contributed by atoms with van der Waals surface area (Å²) in [6, 6.07) is 8.42. The van der Waals surface area contributed by atoms with Gasteiger partial charge in [-0.05, 0) is 35.6 Å².